The van der Waals surface area contributed by atoms with Crippen LogP contribution in [0, 0.1) is 11.3 Å². The van der Waals surface area contributed by atoms with Gasteiger partial charge in [-0.1, -0.05) is 6.07 Å². The molecular weight excluding hydrogens is 268 g/mol. The van der Waals surface area contributed by atoms with E-state index in [0.717, 1.165) is 5.56 Å². The van der Waals surface area contributed by atoms with Gasteiger partial charge in [-0.25, -0.2) is 0 Å². The fourth-order valence-electron chi connectivity index (χ4n) is 1.88. The summed E-state index contributed by atoms with van der Waals surface area (Å²) in [6.45, 7) is 0.657. The van der Waals surface area contributed by atoms with Crippen LogP contribution in [0.15, 0.2) is 43.0 Å². The molecule has 0 saturated carbocycles. The summed E-state index contributed by atoms with van der Waals surface area (Å²) in [4.78, 5) is 21.8. The highest BCUT2D eigenvalue weighted by Crippen LogP contribution is 2.13. The summed E-state index contributed by atoms with van der Waals surface area (Å²) < 4.78 is 0. The standard InChI is InChI=1S/C15H14N4O2/c16-4-2-6-19(11-12-3-1-5-17-8-12)15(21)13-7-14(20)10-18-9-13/h1,3,5,7-10,20H,2,6,11H2. The second-order valence-electron chi connectivity index (χ2n) is 4.43. The van der Waals surface area contributed by atoms with E-state index in [1.54, 1.807) is 18.5 Å². The van der Waals surface area contributed by atoms with Gasteiger partial charge in [-0.15, -0.1) is 0 Å². The van der Waals surface area contributed by atoms with Gasteiger partial charge in [-0.05, 0) is 17.7 Å². The van der Waals surface area contributed by atoms with Crippen molar-refractivity contribution in [2.45, 2.75) is 13.0 Å². The van der Waals surface area contributed by atoms with Gasteiger partial charge in [0.25, 0.3) is 5.91 Å². The molecular formula is C15H14N4O2. The minimum atomic E-state index is -0.280. The molecule has 2 aromatic rings. The van der Waals surface area contributed by atoms with Crippen molar-refractivity contribution in [2.24, 2.45) is 0 Å². The first kappa shape index (κ1) is 14.5. The van der Waals surface area contributed by atoms with Crippen LogP contribution >= 0.6 is 0 Å². The highest BCUT2D eigenvalue weighted by Gasteiger charge is 2.16. The number of rotatable bonds is 5. The monoisotopic (exact) mass is 282 g/mol. The summed E-state index contributed by atoms with van der Waals surface area (Å²) in [5.41, 5.74) is 1.16. The fourth-order valence-corrected chi connectivity index (χ4v) is 1.88. The zero-order valence-electron chi connectivity index (χ0n) is 11.3. The van der Waals surface area contributed by atoms with E-state index in [1.807, 2.05) is 12.1 Å². The largest absolute Gasteiger partial charge is 0.506 e. The van der Waals surface area contributed by atoms with Crippen molar-refractivity contribution in [1.82, 2.24) is 14.9 Å². The Balaban J connectivity index is 2.19. The van der Waals surface area contributed by atoms with Gasteiger partial charge < -0.3 is 10.0 Å². The van der Waals surface area contributed by atoms with Crippen molar-refractivity contribution < 1.29 is 9.90 Å². The molecule has 0 unspecified atom stereocenters. The van der Waals surface area contributed by atoms with E-state index < -0.39 is 0 Å². The number of pyridine rings is 2. The first-order valence-electron chi connectivity index (χ1n) is 6.40. The van der Waals surface area contributed by atoms with E-state index in [2.05, 4.69) is 9.97 Å². The number of hydrogen-bond acceptors (Lipinski definition) is 5. The molecule has 106 valence electrons. The number of carbonyl (C=O) groups excluding carboxylic acids is 1. The Morgan fingerprint density at radius 3 is 2.86 bits per heavy atom. The lowest BCUT2D eigenvalue weighted by Crippen LogP contribution is -2.31. The molecule has 0 atom stereocenters. The van der Waals surface area contributed by atoms with Crippen LogP contribution in [0.5, 0.6) is 5.75 Å². The van der Waals surface area contributed by atoms with E-state index in [4.69, 9.17) is 5.26 Å². The van der Waals surface area contributed by atoms with Crippen molar-refractivity contribution in [2.75, 3.05) is 6.54 Å². The topological polar surface area (TPSA) is 90.1 Å². The van der Waals surface area contributed by atoms with Crippen LogP contribution in [-0.4, -0.2) is 32.4 Å². The first-order chi connectivity index (χ1) is 10.2. The average molecular weight is 282 g/mol. The third kappa shape index (κ3) is 4.01. The number of aromatic nitrogens is 2. The number of amides is 1. The Labute approximate surface area is 122 Å². The van der Waals surface area contributed by atoms with Crippen LogP contribution in [0.1, 0.15) is 22.3 Å². The van der Waals surface area contributed by atoms with E-state index >= 15 is 0 Å². The predicted molar refractivity (Wildman–Crippen MR) is 75.1 cm³/mol. The molecule has 2 aromatic heterocycles. The Kier molecular flexibility index (Phi) is 4.83. The van der Waals surface area contributed by atoms with Crippen LogP contribution in [0.4, 0.5) is 0 Å². The third-order valence-electron chi connectivity index (χ3n) is 2.85. The van der Waals surface area contributed by atoms with Crippen molar-refractivity contribution in [3.63, 3.8) is 0 Å². The lowest BCUT2D eigenvalue weighted by atomic mass is 10.2. The number of nitrogens with zero attached hydrogens (tertiary/aromatic N) is 4. The lowest BCUT2D eigenvalue weighted by molar-refractivity contribution is 0.0746. The Hall–Kier alpha value is -2.94. The van der Waals surface area contributed by atoms with Gasteiger partial charge in [0.15, 0.2) is 0 Å². The molecule has 0 aromatic carbocycles. The number of nitriles is 1. The first-order valence-corrected chi connectivity index (χ1v) is 6.40. The predicted octanol–water partition coefficient (Wildman–Crippen LogP) is 1.74. The number of hydrogen-bond donors (Lipinski definition) is 1. The molecule has 0 aliphatic rings. The number of aromatic hydroxyl groups is 1. The second-order valence-corrected chi connectivity index (χ2v) is 4.43. The molecule has 0 aliphatic heterocycles. The maximum Gasteiger partial charge on any atom is 0.255 e. The van der Waals surface area contributed by atoms with Gasteiger partial charge in [0.1, 0.15) is 5.75 Å². The molecule has 21 heavy (non-hydrogen) atoms. The summed E-state index contributed by atoms with van der Waals surface area (Å²) in [6, 6.07) is 7.04. The summed E-state index contributed by atoms with van der Waals surface area (Å²) in [7, 11) is 0. The molecule has 1 N–H and O–H groups in total. The van der Waals surface area contributed by atoms with Gasteiger partial charge >= 0.3 is 0 Å². The SMILES string of the molecule is N#CCCN(Cc1cccnc1)C(=O)c1cncc(O)c1. The van der Waals surface area contributed by atoms with E-state index in [-0.39, 0.29) is 23.6 Å². The van der Waals surface area contributed by atoms with E-state index in [1.165, 1.54) is 23.4 Å². The van der Waals surface area contributed by atoms with Crippen molar-refractivity contribution in [3.8, 4) is 11.8 Å². The normalized spacial score (nSPS) is 9.86. The molecule has 0 bridgehead atoms. The third-order valence-corrected chi connectivity index (χ3v) is 2.85. The smallest absolute Gasteiger partial charge is 0.255 e. The van der Waals surface area contributed by atoms with Crippen molar-refractivity contribution in [1.29, 1.82) is 5.26 Å². The molecule has 0 radical (unpaired) electrons. The molecule has 0 aliphatic carbocycles. The molecule has 0 saturated heterocycles. The van der Waals surface area contributed by atoms with Gasteiger partial charge in [0.05, 0.1) is 24.3 Å². The molecule has 0 fully saturated rings. The molecule has 2 rings (SSSR count). The molecule has 2 heterocycles. The minimum absolute atomic E-state index is 0.0672. The van der Waals surface area contributed by atoms with Gasteiger partial charge in [0.2, 0.25) is 0 Å². The summed E-state index contributed by atoms with van der Waals surface area (Å²) in [5, 5.41) is 18.1. The molecule has 0 spiro atoms. The highest BCUT2D eigenvalue weighted by molar-refractivity contribution is 5.94. The Morgan fingerprint density at radius 2 is 2.19 bits per heavy atom. The summed E-state index contributed by atoms with van der Waals surface area (Å²) in [5.74, 6) is -0.347. The van der Waals surface area contributed by atoms with Crippen LogP contribution in [0.25, 0.3) is 0 Å². The Bertz CT molecular complexity index is 652. The molecule has 1 amide bonds. The van der Waals surface area contributed by atoms with E-state index in [0.29, 0.717) is 13.1 Å². The highest BCUT2D eigenvalue weighted by atomic mass is 16.3. The fraction of sp³-hybridized carbons (Fsp3) is 0.200. The maximum absolute atomic E-state index is 12.5. The summed E-state index contributed by atoms with van der Waals surface area (Å²) >= 11 is 0. The van der Waals surface area contributed by atoms with Crippen LogP contribution in [0.2, 0.25) is 0 Å². The molecule has 6 heteroatoms. The zero-order valence-corrected chi connectivity index (χ0v) is 11.3. The summed E-state index contributed by atoms with van der Waals surface area (Å²) in [6.07, 6.45) is 6.22. The average Bonchev–Trinajstić information content (AvgIpc) is 2.51. The van der Waals surface area contributed by atoms with Crippen LogP contribution in [0.3, 0.4) is 0 Å². The van der Waals surface area contributed by atoms with Crippen molar-refractivity contribution >= 4 is 5.91 Å². The van der Waals surface area contributed by atoms with Crippen molar-refractivity contribution in [3.05, 3.63) is 54.1 Å². The zero-order chi connectivity index (χ0) is 15.1. The minimum Gasteiger partial charge on any atom is -0.506 e. The van der Waals surface area contributed by atoms with Crippen LogP contribution < -0.4 is 0 Å². The lowest BCUT2D eigenvalue weighted by Gasteiger charge is -2.21. The van der Waals surface area contributed by atoms with Gasteiger partial charge in [0, 0.05) is 31.7 Å². The maximum atomic E-state index is 12.5. The molecule has 6 nitrogen and oxygen atoms in total. The van der Waals surface area contributed by atoms with Crippen LogP contribution in [-0.2, 0) is 6.54 Å². The Morgan fingerprint density at radius 1 is 1.33 bits per heavy atom. The second kappa shape index (κ2) is 7.01. The quantitative estimate of drug-likeness (QED) is 0.902. The number of carbonyl (C=O) groups is 1. The van der Waals surface area contributed by atoms with E-state index in [9.17, 15) is 9.90 Å². The van der Waals surface area contributed by atoms with Gasteiger partial charge in [-0.3, -0.25) is 14.8 Å². The van der Waals surface area contributed by atoms with Gasteiger partial charge in [-0.2, -0.15) is 5.26 Å².